The predicted molar refractivity (Wildman–Crippen MR) is 75.4 cm³/mol. The topological polar surface area (TPSA) is 93.8 Å². The van der Waals surface area contributed by atoms with Crippen molar-refractivity contribution in [3.05, 3.63) is 36.1 Å². The highest BCUT2D eigenvalue weighted by Crippen LogP contribution is 2.34. The molecular formula is C14H14O6S. The SMILES string of the molecule is CCS(=O)(=O)c1cc(C(=O)O)c(OC)cc1-c1ccco1. The third-order valence-electron chi connectivity index (χ3n) is 3.03. The fourth-order valence-electron chi connectivity index (χ4n) is 1.93. The quantitative estimate of drug-likeness (QED) is 0.911. The van der Waals surface area contributed by atoms with Gasteiger partial charge in [0.1, 0.15) is 17.1 Å². The van der Waals surface area contributed by atoms with Crippen molar-refractivity contribution in [3.8, 4) is 17.1 Å². The van der Waals surface area contributed by atoms with Gasteiger partial charge in [-0.15, -0.1) is 0 Å². The molecular weight excluding hydrogens is 296 g/mol. The van der Waals surface area contributed by atoms with E-state index >= 15 is 0 Å². The number of hydrogen-bond acceptors (Lipinski definition) is 5. The lowest BCUT2D eigenvalue weighted by Crippen LogP contribution is -2.09. The molecule has 6 nitrogen and oxygen atoms in total. The zero-order valence-corrected chi connectivity index (χ0v) is 12.3. The molecule has 112 valence electrons. The number of ether oxygens (including phenoxy) is 1. The number of aromatic carboxylic acids is 1. The Morgan fingerprint density at radius 3 is 2.57 bits per heavy atom. The fourth-order valence-corrected chi connectivity index (χ4v) is 3.04. The first-order valence-corrected chi connectivity index (χ1v) is 7.78. The van der Waals surface area contributed by atoms with E-state index in [1.165, 1.54) is 26.4 Å². The Bertz CT molecular complexity index is 759. The number of hydrogen-bond donors (Lipinski definition) is 1. The summed E-state index contributed by atoms with van der Waals surface area (Å²) in [5.74, 6) is -1.00. The third kappa shape index (κ3) is 2.78. The van der Waals surface area contributed by atoms with E-state index in [9.17, 15) is 18.3 Å². The molecule has 2 aromatic rings. The van der Waals surface area contributed by atoms with Crippen molar-refractivity contribution >= 4 is 15.8 Å². The molecule has 0 radical (unpaired) electrons. The summed E-state index contributed by atoms with van der Waals surface area (Å²) in [6.07, 6.45) is 1.41. The summed E-state index contributed by atoms with van der Waals surface area (Å²) in [6, 6.07) is 5.70. The number of carbonyl (C=O) groups is 1. The Balaban J connectivity index is 2.82. The fraction of sp³-hybridized carbons (Fsp3) is 0.214. The van der Waals surface area contributed by atoms with Crippen LogP contribution < -0.4 is 4.74 Å². The first kappa shape index (κ1) is 15.1. The summed E-state index contributed by atoms with van der Waals surface area (Å²) in [4.78, 5) is 11.2. The normalized spacial score (nSPS) is 11.3. The summed E-state index contributed by atoms with van der Waals surface area (Å²) >= 11 is 0. The van der Waals surface area contributed by atoms with Gasteiger partial charge in [-0.1, -0.05) is 6.92 Å². The van der Waals surface area contributed by atoms with Gasteiger partial charge in [0, 0.05) is 5.56 Å². The minimum Gasteiger partial charge on any atom is -0.496 e. The van der Waals surface area contributed by atoms with Gasteiger partial charge in [-0.25, -0.2) is 13.2 Å². The number of carboxylic acid groups (broad SMARTS) is 1. The molecule has 1 aromatic carbocycles. The number of rotatable bonds is 5. The monoisotopic (exact) mass is 310 g/mol. The zero-order valence-electron chi connectivity index (χ0n) is 11.5. The van der Waals surface area contributed by atoms with Crippen molar-refractivity contribution in [1.82, 2.24) is 0 Å². The molecule has 0 amide bonds. The molecule has 1 N–H and O–H groups in total. The van der Waals surface area contributed by atoms with Gasteiger partial charge in [-0.3, -0.25) is 0 Å². The predicted octanol–water partition coefficient (Wildman–Crippen LogP) is 2.45. The molecule has 0 saturated heterocycles. The smallest absolute Gasteiger partial charge is 0.339 e. The van der Waals surface area contributed by atoms with Crippen LogP contribution in [0.5, 0.6) is 5.75 Å². The van der Waals surface area contributed by atoms with Crippen molar-refractivity contribution in [3.63, 3.8) is 0 Å². The number of methoxy groups -OCH3 is 1. The minimum atomic E-state index is -3.61. The van der Waals surface area contributed by atoms with Gasteiger partial charge in [0.2, 0.25) is 0 Å². The van der Waals surface area contributed by atoms with Gasteiger partial charge in [0.15, 0.2) is 9.84 Å². The summed E-state index contributed by atoms with van der Waals surface area (Å²) in [6.45, 7) is 1.49. The Labute approximate surface area is 121 Å². The van der Waals surface area contributed by atoms with E-state index in [1.54, 1.807) is 12.1 Å². The van der Waals surface area contributed by atoms with Gasteiger partial charge < -0.3 is 14.3 Å². The molecule has 0 bridgehead atoms. The van der Waals surface area contributed by atoms with E-state index in [-0.39, 0.29) is 27.5 Å². The van der Waals surface area contributed by atoms with Crippen LogP contribution in [0.1, 0.15) is 17.3 Å². The van der Waals surface area contributed by atoms with Crippen LogP contribution in [0.3, 0.4) is 0 Å². The minimum absolute atomic E-state index is 0.0731. The second-order valence-corrected chi connectivity index (χ2v) is 6.48. The Morgan fingerprint density at radius 2 is 2.10 bits per heavy atom. The molecule has 0 atom stereocenters. The molecule has 0 aliphatic carbocycles. The Kier molecular flexibility index (Phi) is 4.04. The molecule has 0 saturated carbocycles. The van der Waals surface area contributed by atoms with Gasteiger partial charge in [0.25, 0.3) is 0 Å². The average molecular weight is 310 g/mol. The maximum absolute atomic E-state index is 12.2. The molecule has 0 spiro atoms. The molecule has 0 fully saturated rings. The van der Waals surface area contributed by atoms with Gasteiger partial charge >= 0.3 is 5.97 Å². The van der Waals surface area contributed by atoms with Crippen molar-refractivity contribution in [2.45, 2.75) is 11.8 Å². The maximum Gasteiger partial charge on any atom is 0.339 e. The van der Waals surface area contributed by atoms with Crippen molar-refractivity contribution in [2.24, 2.45) is 0 Å². The summed E-state index contributed by atoms with van der Waals surface area (Å²) < 4.78 is 34.7. The number of carboxylic acids is 1. The largest absolute Gasteiger partial charge is 0.496 e. The van der Waals surface area contributed by atoms with Crippen LogP contribution in [0.15, 0.2) is 39.8 Å². The highest BCUT2D eigenvalue weighted by molar-refractivity contribution is 7.91. The van der Waals surface area contributed by atoms with E-state index in [4.69, 9.17) is 9.15 Å². The van der Waals surface area contributed by atoms with Crippen LogP contribution >= 0.6 is 0 Å². The third-order valence-corrected chi connectivity index (χ3v) is 4.80. The van der Waals surface area contributed by atoms with Crippen molar-refractivity contribution in [1.29, 1.82) is 0 Å². The van der Waals surface area contributed by atoms with Crippen LogP contribution in [-0.4, -0.2) is 32.4 Å². The molecule has 7 heteroatoms. The molecule has 1 aromatic heterocycles. The van der Waals surface area contributed by atoms with Crippen LogP contribution in [0, 0.1) is 0 Å². The van der Waals surface area contributed by atoms with Crippen molar-refractivity contribution < 1.29 is 27.5 Å². The lowest BCUT2D eigenvalue weighted by Gasteiger charge is -2.12. The Hall–Kier alpha value is -2.28. The van der Waals surface area contributed by atoms with Gasteiger partial charge in [-0.2, -0.15) is 0 Å². The number of furan rings is 1. The van der Waals surface area contributed by atoms with Crippen molar-refractivity contribution in [2.75, 3.05) is 12.9 Å². The molecule has 1 heterocycles. The highest BCUT2D eigenvalue weighted by atomic mass is 32.2. The Morgan fingerprint density at radius 1 is 1.38 bits per heavy atom. The lowest BCUT2D eigenvalue weighted by molar-refractivity contribution is 0.0693. The lowest BCUT2D eigenvalue weighted by atomic mass is 10.1. The first-order valence-electron chi connectivity index (χ1n) is 6.12. The van der Waals surface area contributed by atoms with Gasteiger partial charge in [0.05, 0.1) is 24.0 Å². The van der Waals surface area contributed by atoms with Gasteiger partial charge in [-0.05, 0) is 24.3 Å². The summed E-state index contributed by atoms with van der Waals surface area (Å²) in [5.41, 5.74) is 0.0727. The average Bonchev–Trinajstić information content (AvgIpc) is 2.99. The molecule has 0 aliphatic rings. The molecule has 0 aliphatic heterocycles. The highest BCUT2D eigenvalue weighted by Gasteiger charge is 2.24. The van der Waals surface area contributed by atoms with Crippen LogP contribution in [0.25, 0.3) is 11.3 Å². The van der Waals surface area contributed by atoms with E-state index in [2.05, 4.69) is 0 Å². The second-order valence-electron chi connectivity index (χ2n) is 4.23. The van der Waals surface area contributed by atoms with E-state index < -0.39 is 15.8 Å². The first-order chi connectivity index (χ1) is 9.90. The molecule has 0 unspecified atom stereocenters. The molecule has 2 rings (SSSR count). The van der Waals surface area contributed by atoms with E-state index in [0.29, 0.717) is 5.76 Å². The van der Waals surface area contributed by atoms with Crippen LogP contribution in [0.4, 0.5) is 0 Å². The molecule has 21 heavy (non-hydrogen) atoms. The zero-order chi connectivity index (χ0) is 15.6. The standard InChI is InChI=1S/C14H14O6S/c1-3-21(17,18)13-8-10(14(15)16)12(19-2)7-9(13)11-5-4-6-20-11/h4-8H,3H2,1-2H3,(H,15,16). The summed E-state index contributed by atoms with van der Waals surface area (Å²) in [5, 5.41) is 9.18. The number of benzene rings is 1. The van der Waals surface area contributed by atoms with Crippen LogP contribution in [0.2, 0.25) is 0 Å². The number of sulfone groups is 1. The van der Waals surface area contributed by atoms with Crippen LogP contribution in [-0.2, 0) is 9.84 Å². The maximum atomic E-state index is 12.2. The van der Waals surface area contributed by atoms with E-state index in [0.717, 1.165) is 6.07 Å². The second kappa shape index (κ2) is 5.61. The summed E-state index contributed by atoms with van der Waals surface area (Å²) in [7, 11) is -2.29. The van der Waals surface area contributed by atoms with E-state index in [1.807, 2.05) is 0 Å².